The summed E-state index contributed by atoms with van der Waals surface area (Å²) in [5, 5.41) is 7.22. The molecular weight excluding hydrogens is 362 g/mol. The van der Waals surface area contributed by atoms with E-state index in [4.69, 9.17) is 17.0 Å². The molecule has 1 amide bonds. The van der Waals surface area contributed by atoms with E-state index < -0.39 is 0 Å². The van der Waals surface area contributed by atoms with E-state index in [1.165, 1.54) is 23.1 Å². The molecule has 24 heavy (non-hydrogen) atoms. The summed E-state index contributed by atoms with van der Waals surface area (Å²) in [7, 11) is 0. The third-order valence-electron chi connectivity index (χ3n) is 3.15. The Morgan fingerprint density at radius 1 is 1.46 bits per heavy atom. The van der Waals surface area contributed by atoms with Gasteiger partial charge in [-0.2, -0.15) is 0 Å². The van der Waals surface area contributed by atoms with Crippen LogP contribution in [0.1, 0.15) is 20.3 Å². The van der Waals surface area contributed by atoms with Crippen LogP contribution in [0, 0.1) is 3.95 Å². The second-order valence-corrected chi connectivity index (χ2v) is 8.19. The van der Waals surface area contributed by atoms with Gasteiger partial charge in [0, 0.05) is 19.8 Å². The average molecular weight is 384 g/mol. The molecule has 0 spiro atoms. The molecule has 1 aromatic heterocycles. The second-order valence-electron chi connectivity index (χ2n) is 4.98. The highest BCUT2D eigenvalue weighted by atomic mass is 32.2. The number of benzene rings is 1. The van der Waals surface area contributed by atoms with Gasteiger partial charge in [0.05, 0.1) is 10.9 Å². The quantitative estimate of drug-likeness (QED) is 0.407. The maximum absolute atomic E-state index is 12.1. The van der Waals surface area contributed by atoms with E-state index in [1.807, 2.05) is 44.2 Å². The number of carbonyl (C=O) groups is 1. The molecule has 1 atom stereocenters. The number of ether oxygens (including phenoxy) is 1. The van der Waals surface area contributed by atoms with Crippen LogP contribution in [0.2, 0.25) is 0 Å². The summed E-state index contributed by atoms with van der Waals surface area (Å²) in [5.41, 5.74) is 0.929. The van der Waals surface area contributed by atoms with Crippen molar-refractivity contribution in [2.24, 2.45) is 0 Å². The monoisotopic (exact) mass is 383 g/mol. The molecule has 2 aromatic rings. The van der Waals surface area contributed by atoms with Crippen LogP contribution in [-0.2, 0) is 9.53 Å². The zero-order valence-electron chi connectivity index (χ0n) is 13.7. The van der Waals surface area contributed by atoms with E-state index >= 15 is 0 Å². The normalized spacial score (nSPS) is 12.1. The van der Waals surface area contributed by atoms with Crippen LogP contribution >= 0.6 is 35.3 Å². The van der Waals surface area contributed by atoms with Gasteiger partial charge in [0.1, 0.15) is 0 Å². The van der Waals surface area contributed by atoms with Crippen LogP contribution in [0.25, 0.3) is 5.69 Å². The lowest BCUT2D eigenvalue weighted by atomic mass is 10.3. The van der Waals surface area contributed by atoms with Gasteiger partial charge >= 0.3 is 0 Å². The number of amides is 1. The first-order chi connectivity index (χ1) is 11.6. The summed E-state index contributed by atoms with van der Waals surface area (Å²) in [6.45, 7) is 5.83. The van der Waals surface area contributed by atoms with Crippen LogP contribution in [-0.4, -0.2) is 40.7 Å². The average Bonchev–Trinajstić information content (AvgIpc) is 2.95. The van der Waals surface area contributed by atoms with E-state index in [1.54, 1.807) is 4.68 Å². The van der Waals surface area contributed by atoms with Crippen molar-refractivity contribution in [3.8, 4) is 5.69 Å². The van der Waals surface area contributed by atoms with E-state index in [-0.39, 0.29) is 11.2 Å². The van der Waals surface area contributed by atoms with Crippen molar-refractivity contribution >= 4 is 41.2 Å². The Bertz CT molecular complexity index is 700. The first-order valence-corrected chi connectivity index (χ1v) is 9.90. The summed E-state index contributed by atoms with van der Waals surface area (Å²) in [5.74, 6) is 0.00359. The molecule has 1 aromatic carbocycles. The summed E-state index contributed by atoms with van der Waals surface area (Å²) in [4.78, 5) is 12.1. The Hall–Kier alpha value is -1.22. The second kappa shape index (κ2) is 9.93. The molecule has 0 aliphatic rings. The molecule has 2 rings (SSSR count). The number of nitrogens with zero attached hydrogens (tertiary/aromatic N) is 2. The molecule has 0 aliphatic heterocycles. The minimum Gasteiger partial charge on any atom is -0.382 e. The van der Waals surface area contributed by atoms with Crippen molar-refractivity contribution < 1.29 is 9.53 Å². The topological polar surface area (TPSA) is 56.1 Å². The summed E-state index contributed by atoms with van der Waals surface area (Å²) >= 11 is 8.22. The molecular formula is C16H21N3O2S3. The lowest BCUT2D eigenvalue weighted by Crippen LogP contribution is -2.32. The third kappa shape index (κ3) is 5.70. The molecule has 8 heteroatoms. The molecule has 1 N–H and O–H groups in total. The Kier molecular flexibility index (Phi) is 7.90. The highest BCUT2D eigenvalue weighted by molar-refractivity contribution is 8.02. The number of aromatic nitrogens is 2. The van der Waals surface area contributed by atoms with Crippen molar-refractivity contribution in [2.45, 2.75) is 29.9 Å². The highest BCUT2D eigenvalue weighted by Gasteiger charge is 2.17. The maximum atomic E-state index is 12.1. The summed E-state index contributed by atoms with van der Waals surface area (Å²) in [6.07, 6.45) is 0.818. The van der Waals surface area contributed by atoms with Crippen molar-refractivity contribution in [3.05, 3.63) is 34.3 Å². The van der Waals surface area contributed by atoms with Gasteiger partial charge in [-0.05, 0) is 44.6 Å². The van der Waals surface area contributed by atoms with Gasteiger partial charge in [0.25, 0.3) is 0 Å². The van der Waals surface area contributed by atoms with Gasteiger partial charge in [-0.1, -0.05) is 41.3 Å². The van der Waals surface area contributed by atoms with Crippen molar-refractivity contribution in [3.63, 3.8) is 0 Å². The van der Waals surface area contributed by atoms with Gasteiger partial charge < -0.3 is 10.1 Å². The summed E-state index contributed by atoms with van der Waals surface area (Å²) < 4.78 is 8.45. The molecule has 5 nitrogen and oxygen atoms in total. The number of rotatable bonds is 9. The Balaban J connectivity index is 1.89. The Morgan fingerprint density at radius 2 is 2.21 bits per heavy atom. The lowest BCUT2D eigenvalue weighted by molar-refractivity contribution is -0.120. The highest BCUT2D eigenvalue weighted by Crippen LogP contribution is 2.27. The fourth-order valence-corrected chi connectivity index (χ4v) is 4.45. The van der Waals surface area contributed by atoms with Gasteiger partial charge in [-0.3, -0.25) is 4.79 Å². The number of thioether (sulfide) groups is 1. The molecule has 0 radical (unpaired) electrons. The first-order valence-electron chi connectivity index (χ1n) is 7.79. The number of para-hydroxylation sites is 1. The molecule has 1 heterocycles. The Labute approximate surface area is 155 Å². The number of hydrogen-bond donors (Lipinski definition) is 1. The fourth-order valence-electron chi connectivity index (χ4n) is 1.92. The van der Waals surface area contributed by atoms with Crippen LogP contribution < -0.4 is 5.32 Å². The predicted molar refractivity (Wildman–Crippen MR) is 102 cm³/mol. The summed E-state index contributed by atoms with van der Waals surface area (Å²) in [6, 6.07) is 9.76. The van der Waals surface area contributed by atoms with Crippen LogP contribution in [0.4, 0.5) is 0 Å². The third-order valence-corrected chi connectivity index (χ3v) is 5.56. The number of hydrogen-bond acceptors (Lipinski definition) is 6. The van der Waals surface area contributed by atoms with Gasteiger partial charge in [0.15, 0.2) is 8.29 Å². The Morgan fingerprint density at radius 3 is 2.92 bits per heavy atom. The zero-order chi connectivity index (χ0) is 17.4. The SMILES string of the molecule is CCOCCCNC(=O)C(C)Sc1nn(-c2ccccc2)c(=S)s1. The van der Waals surface area contributed by atoms with Crippen molar-refractivity contribution in [1.29, 1.82) is 0 Å². The zero-order valence-corrected chi connectivity index (χ0v) is 16.2. The van der Waals surface area contributed by atoms with Crippen LogP contribution in [0.5, 0.6) is 0 Å². The number of nitrogens with one attached hydrogen (secondary N) is 1. The van der Waals surface area contributed by atoms with E-state index in [0.717, 1.165) is 16.4 Å². The smallest absolute Gasteiger partial charge is 0.233 e. The maximum Gasteiger partial charge on any atom is 0.233 e. The van der Waals surface area contributed by atoms with E-state index in [9.17, 15) is 4.79 Å². The van der Waals surface area contributed by atoms with Crippen molar-refractivity contribution in [1.82, 2.24) is 15.1 Å². The van der Waals surface area contributed by atoms with Crippen LogP contribution in [0.15, 0.2) is 34.7 Å². The molecule has 0 bridgehead atoms. The minimum atomic E-state index is -0.220. The van der Waals surface area contributed by atoms with Gasteiger partial charge in [0.2, 0.25) is 5.91 Å². The molecule has 130 valence electrons. The van der Waals surface area contributed by atoms with Gasteiger partial charge in [-0.25, -0.2) is 4.68 Å². The van der Waals surface area contributed by atoms with Crippen molar-refractivity contribution in [2.75, 3.05) is 19.8 Å². The molecule has 0 aliphatic carbocycles. The standard InChI is InChI=1S/C16H21N3O2S3/c1-3-21-11-7-10-17-14(20)12(2)23-15-18-19(16(22)24-15)13-8-5-4-6-9-13/h4-6,8-9,12H,3,7,10-11H2,1-2H3,(H,17,20). The van der Waals surface area contributed by atoms with E-state index in [2.05, 4.69) is 10.4 Å². The molecule has 0 saturated heterocycles. The molecule has 1 unspecified atom stereocenters. The van der Waals surface area contributed by atoms with Gasteiger partial charge in [-0.15, -0.1) is 5.10 Å². The molecule has 0 saturated carbocycles. The number of carbonyl (C=O) groups excluding carboxylic acids is 1. The molecule has 0 fully saturated rings. The lowest BCUT2D eigenvalue weighted by Gasteiger charge is -2.10. The first kappa shape index (κ1) is 19.1. The van der Waals surface area contributed by atoms with Crippen LogP contribution in [0.3, 0.4) is 0 Å². The van der Waals surface area contributed by atoms with E-state index in [0.29, 0.717) is 23.7 Å². The minimum absolute atomic E-state index is 0.00359. The fraction of sp³-hybridized carbons (Fsp3) is 0.438. The largest absolute Gasteiger partial charge is 0.382 e. The predicted octanol–water partition coefficient (Wildman–Crippen LogP) is 3.69.